The fourth-order valence-corrected chi connectivity index (χ4v) is 2.20. The van der Waals surface area contributed by atoms with Crippen molar-refractivity contribution in [1.82, 2.24) is 10.3 Å². The highest BCUT2D eigenvalue weighted by molar-refractivity contribution is 7.07. The molecule has 0 saturated carbocycles. The van der Waals surface area contributed by atoms with E-state index in [4.69, 9.17) is 4.74 Å². The molecule has 0 fully saturated rings. The fraction of sp³-hybridized carbons (Fsp3) is 0.308. The van der Waals surface area contributed by atoms with E-state index in [-0.39, 0.29) is 17.6 Å². The predicted molar refractivity (Wildman–Crippen MR) is 70.3 cm³/mol. The van der Waals surface area contributed by atoms with Gasteiger partial charge in [-0.25, -0.2) is 9.37 Å². The van der Waals surface area contributed by atoms with E-state index >= 15 is 0 Å². The topological polar surface area (TPSA) is 34.1 Å². The second-order valence-corrected chi connectivity index (χ2v) is 4.70. The second-order valence-electron chi connectivity index (χ2n) is 3.98. The van der Waals surface area contributed by atoms with E-state index < -0.39 is 0 Å². The summed E-state index contributed by atoms with van der Waals surface area (Å²) in [5.41, 5.74) is 3.81. The van der Waals surface area contributed by atoms with Crippen molar-refractivity contribution >= 4 is 11.3 Å². The van der Waals surface area contributed by atoms with Crippen LogP contribution in [0.3, 0.4) is 0 Å². The van der Waals surface area contributed by atoms with Gasteiger partial charge in [0.25, 0.3) is 0 Å². The van der Waals surface area contributed by atoms with E-state index in [2.05, 4.69) is 10.3 Å². The quantitative estimate of drug-likeness (QED) is 0.902. The first-order valence-corrected chi connectivity index (χ1v) is 6.59. The highest BCUT2D eigenvalue weighted by Gasteiger charge is 2.09. The summed E-state index contributed by atoms with van der Waals surface area (Å²) in [5.74, 6) is -0.0669. The number of methoxy groups -OCH3 is 1. The average Bonchev–Trinajstić information content (AvgIpc) is 2.89. The Morgan fingerprint density at radius 1 is 1.50 bits per heavy atom. The number of ether oxygens (including phenoxy) is 1. The third-order valence-corrected chi connectivity index (χ3v) is 3.38. The van der Waals surface area contributed by atoms with Gasteiger partial charge in [-0.3, -0.25) is 0 Å². The molecule has 1 atom stereocenters. The first-order valence-electron chi connectivity index (χ1n) is 5.64. The van der Waals surface area contributed by atoms with Crippen LogP contribution < -0.4 is 10.1 Å². The molecule has 1 aromatic heterocycles. The zero-order chi connectivity index (χ0) is 13.0. The SMILES string of the molecule is COc1cc(C(C)NCc2cscn2)ccc1F. The van der Waals surface area contributed by atoms with Crippen molar-refractivity contribution in [2.45, 2.75) is 19.5 Å². The van der Waals surface area contributed by atoms with Crippen molar-refractivity contribution in [3.63, 3.8) is 0 Å². The minimum atomic E-state index is -0.340. The molecule has 0 aliphatic carbocycles. The largest absolute Gasteiger partial charge is 0.494 e. The van der Waals surface area contributed by atoms with Gasteiger partial charge in [0.1, 0.15) is 0 Å². The molecule has 18 heavy (non-hydrogen) atoms. The van der Waals surface area contributed by atoms with Gasteiger partial charge in [-0.05, 0) is 24.6 Å². The highest BCUT2D eigenvalue weighted by Crippen LogP contribution is 2.22. The number of aromatic nitrogens is 1. The van der Waals surface area contributed by atoms with Crippen LogP contribution in [0.1, 0.15) is 24.2 Å². The Balaban J connectivity index is 2.02. The molecule has 5 heteroatoms. The maximum atomic E-state index is 13.3. The lowest BCUT2D eigenvalue weighted by Gasteiger charge is -2.14. The summed E-state index contributed by atoms with van der Waals surface area (Å²) in [6.07, 6.45) is 0. The third-order valence-electron chi connectivity index (χ3n) is 2.75. The van der Waals surface area contributed by atoms with Gasteiger partial charge < -0.3 is 10.1 Å². The molecule has 0 spiro atoms. The Bertz CT molecular complexity index is 502. The second kappa shape index (κ2) is 5.93. The zero-order valence-electron chi connectivity index (χ0n) is 10.3. The van der Waals surface area contributed by atoms with Crippen LogP contribution in [0.2, 0.25) is 0 Å². The molecule has 2 aromatic rings. The maximum Gasteiger partial charge on any atom is 0.165 e. The van der Waals surface area contributed by atoms with Gasteiger partial charge in [0.2, 0.25) is 0 Å². The molecule has 1 aromatic carbocycles. The maximum absolute atomic E-state index is 13.3. The van der Waals surface area contributed by atoms with Crippen molar-refractivity contribution < 1.29 is 9.13 Å². The van der Waals surface area contributed by atoms with E-state index in [9.17, 15) is 4.39 Å². The van der Waals surface area contributed by atoms with Crippen molar-refractivity contribution in [3.05, 3.63) is 46.2 Å². The Labute approximate surface area is 110 Å². The van der Waals surface area contributed by atoms with E-state index in [1.807, 2.05) is 17.8 Å². The molecule has 1 unspecified atom stereocenters. The normalized spacial score (nSPS) is 12.4. The minimum Gasteiger partial charge on any atom is -0.494 e. The number of benzene rings is 1. The molecule has 0 aliphatic rings. The molecule has 1 N–H and O–H groups in total. The van der Waals surface area contributed by atoms with E-state index in [1.54, 1.807) is 23.5 Å². The van der Waals surface area contributed by atoms with Gasteiger partial charge in [0, 0.05) is 18.0 Å². The van der Waals surface area contributed by atoms with Crippen molar-refractivity contribution in [2.75, 3.05) is 7.11 Å². The van der Waals surface area contributed by atoms with Gasteiger partial charge in [0.15, 0.2) is 11.6 Å². The number of nitrogens with zero attached hydrogens (tertiary/aromatic N) is 1. The van der Waals surface area contributed by atoms with E-state index in [0.29, 0.717) is 6.54 Å². The molecule has 96 valence electrons. The van der Waals surface area contributed by atoms with Gasteiger partial charge in [-0.15, -0.1) is 11.3 Å². The van der Waals surface area contributed by atoms with Crippen molar-refractivity contribution in [1.29, 1.82) is 0 Å². The van der Waals surface area contributed by atoms with E-state index in [1.165, 1.54) is 13.2 Å². The molecule has 2 rings (SSSR count). The average molecular weight is 266 g/mol. The van der Waals surface area contributed by atoms with Crippen molar-refractivity contribution in [3.8, 4) is 5.75 Å². The van der Waals surface area contributed by atoms with Crippen LogP contribution in [0.25, 0.3) is 0 Å². The fourth-order valence-electron chi connectivity index (χ4n) is 1.65. The van der Waals surface area contributed by atoms with E-state index in [0.717, 1.165) is 11.3 Å². The Morgan fingerprint density at radius 3 is 3.00 bits per heavy atom. The molecule has 0 amide bonds. The predicted octanol–water partition coefficient (Wildman–Crippen LogP) is 3.14. The smallest absolute Gasteiger partial charge is 0.165 e. The molecule has 0 bridgehead atoms. The standard InChI is InChI=1S/C13H15FN2OS/c1-9(15-6-11-7-18-8-16-11)10-3-4-12(14)13(5-10)17-2/h3-5,7-9,15H,6H2,1-2H3. The number of hydrogen-bond donors (Lipinski definition) is 1. The monoisotopic (exact) mass is 266 g/mol. The molecular formula is C13H15FN2OS. The van der Waals surface area contributed by atoms with Gasteiger partial charge in [-0.2, -0.15) is 0 Å². The third kappa shape index (κ3) is 3.05. The summed E-state index contributed by atoms with van der Waals surface area (Å²) >= 11 is 1.57. The summed E-state index contributed by atoms with van der Waals surface area (Å²) in [5, 5.41) is 5.34. The van der Waals surface area contributed by atoms with Crippen LogP contribution in [0.5, 0.6) is 5.75 Å². The van der Waals surface area contributed by atoms with Crippen LogP contribution in [-0.4, -0.2) is 12.1 Å². The highest BCUT2D eigenvalue weighted by atomic mass is 32.1. The summed E-state index contributed by atoms with van der Waals surface area (Å²) in [6, 6.07) is 5.01. The molecule has 3 nitrogen and oxygen atoms in total. The van der Waals surface area contributed by atoms with Crippen molar-refractivity contribution in [2.24, 2.45) is 0 Å². The van der Waals surface area contributed by atoms with Crippen LogP contribution in [-0.2, 0) is 6.54 Å². The molecular weight excluding hydrogens is 251 g/mol. The van der Waals surface area contributed by atoms with Gasteiger partial charge >= 0.3 is 0 Å². The Kier molecular flexibility index (Phi) is 4.28. The number of halogens is 1. The number of thiazole rings is 1. The molecule has 0 radical (unpaired) electrons. The summed E-state index contributed by atoms with van der Waals surface area (Å²) in [6.45, 7) is 2.73. The molecule has 0 aliphatic heterocycles. The molecule has 0 saturated heterocycles. The first kappa shape index (κ1) is 13.0. The molecule has 1 heterocycles. The lowest BCUT2D eigenvalue weighted by molar-refractivity contribution is 0.385. The lowest BCUT2D eigenvalue weighted by atomic mass is 10.1. The number of nitrogens with one attached hydrogen (secondary N) is 1. The summed E-state index contributed by atoms with van der Waals surface area (Å²) < 4.78 is 18.3. The summed E-state index contributed by atoms with van der Waals surface area (Å²) in [4.78, 5) is 4.20. The van der Waals surface area contributed by atoms with Crippen LogP contribution >= 0.6 is 11.3 Å². The number of rotatable bonds is 5. The first-order chi connectivity index (χ1) is 8.70. The zero-order valence-corrected chi connectivity index (χ0v) is 11.1. The van der Waals surface area contributed by atoms with Gasteiger partial charge in [-0.1, -0.05) is 6.07 Å². The lowest BCUT2D eigenvalue weighted by Crippen LogP contribution is -2.18. The van der Waals surface area contributed by atoms with Gasteiger partial charge in [0.05, 0.1) is 18.3 Å². The number of hydrogen-bond acceptors (Lipinski definition) is 4. The summed E-state index contributed by atoms with van der Waals surface area (Å²) in [7, 11) is 1.47. The van der Waals surface area contributed by atoms with Crippen LogP contribution in [0.4, 0.5) is 4.39 Å². The van der Waals surface area contributed by atoms with Crippen LogP contribution in [0.15, 0.2) is 29.1 Å². The minimum absolute atomic E-state index is 0.112. The Morgan fingerprint density at radius 2 is 2.33 bits per heavy atom. The Hall–Kier alpha value is -1.46. The van der Waals surface area contributed by atoms with Crippen LogP contribution in [0, 0.1) is 5.82 Å².